The van der Waals surface area contributed by atoms with Gasteiger partial charge in [0.1, 0.15) is 11.9 Å². The topological polar surface area (TPSA) is 115 Å². The van der Waals surface area contributed by atoms with Crippen LogP contribution < -0.4 is 20.7 Å². The fourth-order valence-corrected chi connectivity index (χ4v) is 3.34. The maximum absolute atomic E-state index is 14.7. The molecule has 0 aromatic heterocycles. The number of rotatable bonds is 8. The van der Waals surface area contributed by atoms with Gasteiger partial charge in [0, 0.05) is 38.0 Å². The summed E-state index contributed by atoms with van der Waals surface area (Å²) in [5.41, 5.74) is 1.20. The summed E-state index contributed by atoms with van der Waals surface area (Å²) in [5, 5.41) is 16.9. The lowest BCUT2D eigenvalue weighted by atomic mass is 10.1. The molecule has 0 radical (unpaired) electrons. The number of halogens is 1. The first-order chi connectivity index (χ1) is 16.8. The number of likely N-dealkylation sites (N-methyl/N-ethyl adjacent to an activating group) is 1. The zero-order chi connectivity index (χ0) is 25.2. The minimum absolute atomic E-state index is 0.00852. The average Bonchev–Trinajstić information content (AvgIpc) is 2.81. The molecule has 1 unspecified atom stereocenters. The van der Waals surface area contributed by atoms with E-state index < -0.39 is 18.0 Å². The van der Waals surface area contributed by atoms with Crippen molar-refractivity contribution in [3.05, 3.63) is 71.8 Å². The lowest BCUT2D eigenvalue weighted by molar-refractivity contribution is -0.119. The predicted molar refractivity (Wildman–Crippen MR) is 135 cm³/mol. The summed E-state index contributed by atoms with van der Waals surface area (Å²) in [6.45, 7) is 0.0153. The Morgan fingerprint density at radius 2 is 2.00 bits per heavy atom. The Bertz CT molecular complexity index is 1130. The fourth-order valence-electron chi connectivity index (χ4n) is 3.11. The molecule has 1 heterocycles. The second kappa shape index (κ2) is 12.6. The van der Waals surface area contributed by atoms with Crippen molar-refractivity contribution in [2.24, 2.45) is 4.99 Å². The molecule has 1 aliphatic rings. The molecule has 11 heteroatoms. The molecule has 1 aliphatic heterocycles. The Balaban J connectivity index is 1.53. The number of carbonyl (C=O) groups is 2. The Morgan fingerprint density at radius 1 is 1.23 bits per heavy atom. The number of amides is 3. The van der Waals surface area contributed by atoms with E-state index in [0.717, 1.165) is 5.56 Å². The zero-order valence-corrected chi connectivity index (χ0v) is 19.8. The van der Waals surface area contributed by atoms with Crippen molar-refractivity contribution in [2.75, 3.05) is 25.5 Å². The monoisotopic (exact) mass is 499 g/mol. The van der Waals surface area contributed by atoms with Crippen LogP contribution in [-0.2, 0) is 11.2 Å². The summed E-state index contributed by atoms with van der Waals surface area (Å²) >= 11 is 5.15. The number of hydrogen-bond acceptors (Lipinski definition) is 6. The van der Waals surface area contributed by atoms with Crippen molar-refractivity contribution in [1.29, 1.82) is 0 Å². The summed E-state index contributed by atoms with van der Waals surface area (Å²) < 4.78 is 20.4. The van der Waals surface area contributed by atoms with Gasteiger partial charge in [-0.05, 0) is 36.0 Å². The van der Waals surface area contributed by atoms with E-state index in [2.05, 4.69) is 20.9 Å². The molecule has 35 heavy (non-hydrogen) atoms. The number of carbonyl (C=O) groups excluding carboxylic acids is 2. The van der Waals surface area contributed by atoms with Crippen LogP contribution in [0.5, 0.6) is 5.75 Å². The molecule has 1 atom stereocenters. The van der Waals surface area contributed by atoms with Gasteiger partial charge in [-0.2, -0.15) is 0 Å². The molecule has 3 rings (SSSR count). The average molecular weight is 500 g/mol. The maximum atomic E-state index is 14.7. The van der Waals surface area contributed by atoms with Gasteiger partial charge in [0.2, 0.25) is 5.91 Å². The van der Waals surface area contributed by atoms with Gasteiger partial charge in [-0.1, -0.05) is 30.3 Å². The molecular weight excluding hydrogens is 473 g/mol. The Kier molecular flexibility index (Phi) is 9.27. The standard InChI is InChI=1S/C24H26FN5O4S/c1-30(11-12-31)24(33)28-21-15-18(9-10-26-21)34-20-8-7-17(14-19(20)25)27-23(35)29-22(32)13-16-5-3-2-4-6-16/h2-8,10,14-15,18,31H,9,11-13H2,1H3,(H,28,33)(H2,27,29,32,35). The summed E-state index contributed by atoms with van der Waals surface area (Å²) in [6.07, 6.45) is 3.16. The maximum Gasteiger partial charge on any atom is 0.322 e. The Morgan fingerprint density at radius 3 is 2.71 bits per heavy atom. The number of benzene rings is 2. The highest BCUT2D eigenvalue weighted by atomic mass is 32.1. The third-order valence-corrected chi connectivity index (χ3v) is 5.06. The largest absolute Gasteiger partial charge is 0.483 e. The van der Waals surface area contributed by atoms with E-state index in [1.54, 1.807) is 18.4 Å². The van der Waals surface area contributed by atoms with Crippen LogP contribution in [0.4, 0.5) is 14.9 Å². The first-order valence-electron chi connectivity index (χ1n) is 10.8. The number of nitrogens with zero attached hydrogens (tertiary/aromatic N) is 2. The Labute approximate surface area is 207 Å². The molecular formula is C24H26FN5O4S. The number of aliphatic imine (C=N–C) groups is 1. The van der Waals surface area contributed by atoms with E-state index >= 15 is 0 Å². The number of nitrogens with one attached hydrogen (secondary N) is 3. The molecule has 2 aromatic carbocycles. The van der Waals surface area contributed by atoms with E-state index in [1.165, 1.54) is 24.1 Å². The molecule has 4 N–H and O–H groups in total. The van der Waals surface area contributed by atoms with Crippen molar-refractivity contribution in [1.82, 2.24) is 15.5 Å². The molecule has 3 amide bonds. The van der Waals surface area contributed by atoms with Crippen molar-refractivity contribution >= 4 is 41.2 Å². The van der Waals surface area contributed by atoms with Crippen LogP contribution in [-0.4, -0.2) is 59.6 Å². The molecule has 0 spiro atoms. The smallest absolute Gasteiger partial charge is 0.322 e. The summed E-state index contributed by atoms with van der Waals surface area (Å²) in [5.74, 6) is -0.636. The van der Waals surface area contributed by atoms with Crippen molar-refractivity contribution in [3.8, 4) is 5.75 Å². The van der Waals surface area contributed by atoms with Crippen molar-refractivity contribution < 1.29 is 23.8 Å². The Hall–Kier alpha value is -3.83. The number of thiocarbonyl (C=S) groups is 1. The zero-order valence-electron chi connectivity index (χ0n) is 19.0. The number of anilines is 1. The van der Waals surface area contributed by atoms with Gasteiger partial charge in [-0.3, -0.25) is 10.1 Å². The lowest BCUT2D eigenvalue weighted by Gasteiger charge is -2.21. The van der Waals surface area contributed by atoms with Gasteiger partial charge in [0.05, 0.1) is 13.0 Å². The third kappa shape index (κ3) is 8.16. The number of aliphatic hydroxyl groups is 1. The first-order valence-corrected chi connectivity index (χ1v) is 11.2. The normalized spacial score (nSPS) is 14.5. The number of aliphatic hydroxyl groups excluding tert-OH is 1. The van der Waals surface area contributed by atoms with Crippen LogP contribution in [0.25, 0.3) is 0 Å². The molecule has 0 bridgehead atoms. The van der Waals surface area contributed by atoms with Crippen LogP contribution >= 0.6 is 12.2 Å². The quantitative estimate of drug-likeness (QED) is 0.415. The van der Waals surface area contributed by atoms with Gasteiger partial charge in [-0.25, -0.2) is 14.2 Å². The number of ether oxygens (including phenoxy) is 1. The van der Waals surface area contributed by atoms with E-state index in [-0.39, 0.29) is 42.2 Å². The van der Waals surface area contributed by atoms with E-state index in [0.29, 0.717) is 12.1 Å². The molecule has 0 aliphatic carbocycles. The summed E-state index contributed by atoms with van der Waals surface area (Å²) in [4.78, 5) is 29.6. The van der Waals surface area contributed by atoms with Crippen LogP contribution in [0.3, 0.4) is 0 Å². The second-order valence-electron chi connectivity index (χ2n) is 7.64. The van der Waals surface area contributed by atoms with Gasteiger partial charge in [0.15, 0.2) is 16.7 Å². The summed E-state index contributed by atoms with van der Waals surface area (Å²) in [6, 6.07) is 13.0. The van der Waals surface area contributed by atoms with Crippen LogP contribution in [0.2, 0.25) is 0 Å². The summed E-state index contributed by atoms with van der Waals surface area (Å²) in [7, 11) is 1.54. The fraction of sp³-hybridized carbons (Fsp3) is 0.250. The minimum Gasteiger partial charge on any atom is -0.483 e. The third-order valence-electron chi connectivity index (χ3n) is 4.86. The minimum atomic E-state index is -0.627. The highest BCUT2D eigenvalue weighted by molar-refractivity contribution is 7.80. The van der Waals surface area contributed by atoms with Gasteiger partial charge >= 0.3 is 6.03 Å². The van der Waals surface area contributed by atoms with Gasteiger partial charge in [-0.15, -0.1) is 0 Å². The van der Waals surface area contributed by atoms with Crippen LogP contribution in [0.15, 0.2) is 65.4 Å². The molecule has 2 aromatic rings. The van der Waals surface area contributed by atoms with Gasteiger partial charge < -0.3 is 25.4 Å². The van der Waals surface area contributed by atoms with Crippen molar-refractivity contribution in [3.63, 3.8) is 0 Å². The molecule has 0 fully saturated rings. The van der Waals surface area contributed by atoms with Crippen LogP contribution in [0, 0.1) is 5.82 Å². The molecule has 0 saturated carbocycles. The number of urea groups is 1. The molecule has 9 nitrogen and oxygen atoms in total. The molecule has 184 valence electrons. The predicted octanol–water partition coefficient (Wildman–Crippen LogP) is 2.58. The van der Waals surface area contributed by atoms with Crippen LogP contribution in [0.1, 0.15) is 12.0 Å². The van der Waals surface area contributed by atoms with E-state index in [1.807, 2.05) is 30.3 Å². The van der Waals surface area contributed by atoms with E-state index in [9.17, 15) is 14.0 Å². The SMILES string of the molecule is CN(CCO)C(=O)NC1=CC(Oc2ccc(NC(=S)NC(=O)Cc3ccccc3)cc2F)CC=N1. The highest BCUT2D eigenvalue weighted by Crippen LogP contribution is 2.24. The first kappa shape index (κ1) is 25.8. The van der Waals surface area contributed by atoms with Crippen molar-refractivity contribution in [2.45, 2.75) is 18.9 Å². The molecule has 0 saturated heterocycles. The number of hydrogen-bond donors (Lipinski definition) is 4. The highest BCUT2D eigenvalue weighted by Gasteiger charge is 2.17. The lowest BCUT2D eigenvalue weighted by Crippen LogP contribution is -2.38. The second-order valence-corrected chi connectivity index (χ2v) is 8.05. The van der Waals surface area contributed by atoms with E-state index in [4.69, 9.17) is 22.1 Å². The van der Waals surface area contributed by atoms with Gasteiger partial charge in [0.25, 0.3) is 0 Å².